The molecule has 0 heterocycles. The lowest BCUT2D eigenvalue weighted by Gasteiger charge is -2.18. The van der Waals surface area contributed by atoms with E-state index in [4.69, 9.17) is 11.0 Å². The lowest BCUT2D eigenvalue weighted by Crippen LogP contribution is -2.26. The van der Waals surface area contributed by atoms with Crippen molar-refractivity contribution in [2.75, 3.05) is 30.7 Å². The minimum atomic E-state index is -0.429. The van der Waals surface area contributed by atoms with Crippen LogP contribution in [-0.4, -0.2) is 30.4 Å². The SMILES string of the molecule is CCN(CCC#N)CCCC(=O)Nc1ccc(F)cc1N. The van der Waals surface area contributed by atoms with E-state index in [2.05, 4.69) is 16.3 Å². The van der Waals surface area contributed by atoms with Crippen molar-refractivity contribution in [2.24, 2.45) is 0 Å². The van der Waals surface area contributed by atoms with E-state index in [0.717, 1.165) is 19.6 Å². The van der Waals surface area contributed by atoms with Crippen LogP contribution < -0.4 is 11.1 Å². The summed E-state index contributed by atoms with van der Waals surface area (Å²) in [7, 11) is 0. The molecule has 0 saturated carbocycles. The van der Waals surface area contributed by atoms with Crippen LogP contribution in [0.1, 0.15) is 26.2 Å². The second-order valence-electron chi connectivity index (χ2n) is 4.73. The van der Waals surface area contributed by atoms with Crippen molar-refractivity contribution in [2.45, 2.75) is 26.2 Å². The van der Waals surface area contributed by atoms with Gasteiger partial charge in [0.05, 0.1) is 17.4 Å². The molecule has 1 aromatic carbocycles. The van der Waals surface area contributed by atoms with Crippen molar-refractivity contribution in [3.05, 3.63) is 24.0 Å². The number of nitriles is 1. The molecule has 1 aromatic rings. The van der Waals surface area contributed by atoms with Gasteiger partial charge in [0.25, 0.3) is 0 Å². The van der Waals surface area contributed by atoms with Gasteiger partial charge in [-0.15, -0.1) is 0 Å². The van der Waals surface area contributed by atoms with E-state index in [0.29, 0.717) is 24.9 Å². The van der Waals surface area contributed by atoms with Crippen molar-refractivity contribution in [1.29, 1.82) is 5.26 Å². The second kappa shape index (κ2) is 8.93. The largest absolute Gasteiger partial charge is 0.397 e. The Kier molecular flexibility index (Phi) is 7.19. The van der Waals surface area contributed by atoms with Gasteiger partial charge in [-0.1, -0.05) is 6.92 Å². The third kappa shape index (κ3) is 6.23. The number of nitrogens with zero attached hydrogens (tertiary/aromatic N) is 2. The number of hydrogen-bond acceptors (Lipinski definition) is 4. The fourth-order valence-corrected chi connectivity index (χ4v) is 1.96. The number of hydrogen-bond donors (Lipinski definition) is 2. The van der Waals surface area contributed by atoms with Crippen molar-refractivity contribution < 1.29 is 9.18 Å². The number of anilines is 2. The number of nitrogen functional groups attached to an aromatic ring is 1. The first-order chi connectivity index (χ1) is 10.1. The summed E-state index contributed by atoms with van der Waals surface area (Å²) < 4.78 is 12.9. The minimum absolute atomic E-state index is 0.148. The van der Waals surface area contributed by atoms with Crippen LogP contribution in [0.3, 0.4) is 0 Å². The van der Waals surface area contributed by atoms with E-state index in [1.807, 2.05) is 6.92 Å². The predicted octanol–water partition coefficient (Wildman–Crippen LogP) is 2.36. The van der Waals surface area contributed by atoms with Gasteiger partial charge in [-0.25, -0.2) is 4.39 Å². The van der Waals surface area contributed by atoms with Gasteiger partial charge in [-0.05, 0) is 37.7 Å². The van der Waals surface area contributed by atoms with Crippen LogP contribution in [0.4, 0.5) is 15.8 Å². The van der Waals surface area contributed by atoms with E-state index in [-0.39, 0.29) is 11.6 Å². The number of carbonyl (C=O) groups excluding carboxylic acids is 1. The third-order valence-electron chi connectivity index (χ3n) is 3.15. The second-order valence-corrected chi connectivity index (χ2v) is 4.73. The molecule has 0 bridgehead atoms. The molecule has 0 aromatic heterocycles. The zero-order valence-electron chi connectivity index (χ0n) is 12.2. The summed E-state index contributed by atoms with van der Waals surface area (Å²) in [5.74, 6) is -0.578. The van der Waals surface area contributed by atoms with Crippen LogP contribution in [0.25, 0.3) is 0 Å². The molecule has 0 unspecified atom stereocenters. The Bertz CT molecular complexity index is 513. The summed E-state index contributed by atoms with van der Waals surface area (Å²) in [6, 6.07) is 6.00. The number of benzene rings is 1. The Hall–Kier alpha value is -2.13. The monoisotopic (exact) mass is 292 g/mol. The Morgan fingerprint density at radius 2 is 2.24 bits per heavy atom. The summed E-state index contributed by atoms with van der Waals surface area (Å²) in [5.41, 5.74) is 6.27. The first kappa shape index (κ1) is 16.9. The summed E-state index contributed by atoms with van der Waals surface area (Å²) in [5, 5.41) is 11.2. The summed E-state index contributed by atoms with van der Waals surface area (Å²) in [6.45, 7) is 4.37. The summed E-state index contributed by atoms with van der Waals surface area (Å²) in [4.78, 5) is 13.9. The fraction of sp³-hybridized carbons (Fsp3) is 0.467. The van der Waals surface area contributed by atoms with E-state index >= 15 is 0 Å². The Morgan fingerprint density at radius 1 is 1.48 bits per heavy atom. The molecular formula is C15H21FN4O. The van der Waals surface area contributed by atoms with Crippen LogP contribution in [0.2, 0.25) is 0 Å². The normalized spacial score (nSPS) is 10.4. The molecule has 0 radical (unpaired) electrons. The van der Waals surface area contributed by atoms with Crippen molar-refractivity contribution >= 4 is 17.3 Å². The highest BCUT2D eigenvalue weighted by molar-refractivity contribution is 5.93. The lowest BCUT2D eigenvalue weighted by atomic mass is 10.2. The maximum absolute atomic E-state index is 12.9. The maximum Gasteiger partial charge on any atom is 0.224 e. The van der Waals surface area contributed by atoms with Gasteiger partial charge in [0, 0.05) is 19.4 Å². The molecule has 3 N–H and O–H groups in total. The van der Waals surface area contributed by atoms with E-state index in [9.17, 15) is 9.18 Å². The molecule has 114 valence electrons. The number of rotatable bonds is 8. The molecule has 0 aliphatic rings. The third-order valence-corrected chi connectivity index (χ3v) is 3.15. The van der Waals surface area contributed by atoms with Crippen molar-refractivity contribution in [3.8, 4) is 6.07 Å². The molecule has 1 rings (SSSR count). The number of carbonyl (C=O) groups is 1. The van der Waals surface area contributed by atoms with Crippen LogP contribution >= 0.6 is 0 Å². The molecule has 1 amide bonds. The molecule has 21 heavy (non-hydrogen) atoms. The van der Waals surface area contributed by atoms with Gasteiger partial charge in [0.2, 0.25) is 5.91 Å². The van der Waals surface area contributed by atoms with Gasteiger partial charge < -0.3 is 16.0 Å². The van der Waals surface area contributed by atoms with E-state index in [1.165, 1.54) is 18.2 Å². The molecule has 0 fully saturated rings. The van der Waals surface area contributed by atoms with Gasteiger partial charge in [0.1, 0.15) is 5.82 Å². The average Bonchev–Trinajstić information content (AvgIpc) is 2.45. The molecular weight excluding hydrogens is 271 g/mol. The molecule has 0 atom stereocenters. The highest BCUT2D eigenvalue weighted by Crippen LogP contribution is 2.19. The average molecular weight is 292 g/mol. The van der Waals surface area contributed by atoms with Gasteiger partial charge in [-0.2, -0.15) is 5.26 Å². The van der Waals surface area contributed by atoms with Gasteiger partial charge >= 0.3 is 0 Å². The highest BCUT2D eigenvalue weighted by Gasteiger charge is 2.07. The standard InChI is InChI=1S/C15H21FN4O/c1-2-20(10-4-8-17)9-3-5-15(21)19-14-7-6-12(16)11-13(14)18/h6-7,11H,2-5,9-10,18H2,1H3,(H,19,21). The minimum Gasteiger partial charge on any atom is -0.397 e. The van der Waals surface area contributed by atoms with Crippen LogP contribution in [0, 0.1) is 17.1 Å². The molecule has 0 spiro atoms. The first-order valence-corrected chi connectivity index (χ1v) is 7.01. The Labute approximate surface area is 124 Å². The number of halogens is 1. The van der Waals surface area contributed by atoms with Crippen molar-refractivity contribution in [1.82, 2.24) is 4.90 Å². The smallest absolute Gasteiger partial charge is 0.224 e. The predicted molar refractivity (Wildman–Crippen MR) is 81.0 cm³/mol. The first-order valence-electron chi connectivity index (χ1n) is 7.01. The number of nitrogens with one attached hydrogen (secondary N) is 1. The van der Waals surface area contributed by atoms with E-state index in [1.54, 1.807) is 0 Å². The van der Waals surface area contributed by atoms with Crippen LogP contribution in [0.15, 0.2) is 18.2 Å². The number of amides is 1. The molecule has 5 nitrogen and oxygen atoms in total. The van der Waals surface area contributed by atoms with Gasteiger partial charge in [0.15, 0.2) is 0 Å². The van der Waals surface area contributed by atoms with E-state index < -0.39 is 5.82 Å². The molecule has 0 aliphatic carbocycles. The molecule has 0 aliphatic heterocycles. The number of nitrogens with two attached hydrogens (primary N) is 1. The zero-order valence-corrected chi connectivity index (χ0v) is 12.2. The quantitative estimate of drug-likeness (QED) is 0.721. The lowest BCUT2D eigenvalue weighted by molar-refractivity contribution is -0.116. The van der Waals surface area contributed by atoms with Gasteiger partial charge in [-0.3, -0.25) is 4.79 Å². The van der Waals surface area contributed by atoms with Crippen LogP contribution in [-0.2, 0) is 4.79 Å². The Balaban J connectivity index is 2.35. The zero-order chi connectivity index (χ0) is 15.7. The van der Waals surface area contributed by atoms with Crippen molar-refractivity contribution in [3.63, 3.8) is 0 Å². The topological polar surface area (TPSA) is 82.2 Å². The van der Waals surface area contributed by atoms with Crippen LogP contribution in [0.5, 0.6) is 0 Å². The highest BCUT2D eigenvalue weighted by atomic mass is 19.1. The molecule has 0 saturated heterocycles. The maximum atomic E-state index is 12.9. The molecule has 6 heteroatoms. The summed E-state index contributed by atoms with van der Waals surface area (Å²) >= 11 is 0. The fourth-order valence-electron chi connectivity index (χ4n) is 1.96. The Morgan fingerprint density at radius 3 is 2.86 bits per heavy atom. The summed E-state index contributed by atoms with van der Waals surface area (Å²) in [6.07, 6.45) is 1.55.